The molecule has 0 bridgehead atoms. The van der Waals surface area contributed by atoms with Gasteiger partial charge in [-0.3, -0.25) is 4.79 Å². The van der Waals surface area contributed by atoms with Crippen molar-refractivity contribution in [3.05, 3.63) is 23.3 Å². The number of aryl methyl sites for hydroxylation is 1. The van der Waals surface area contributed by atoms with E-state index in [1.54, 1.807) is 14.2 Å². The molecule has 0 aliphatic carbocycles. The number of ether oxygens (including phenoxy) is 3. The Bertz CT molecular complexity index is 385. The van der Waals surface area contributed by atoms with E-state index in [0.717, 1.165) is 11.1 Å². The summed E-state index contributed by atoms with van der Waals surface area (Å²) in [5, 5.41) is 0. The molecule has 0 saturated carbocycles. The number of benzene rings is 1. The molecule has 0 aliphatic rings. The molecule has 88 valence electrons. The lowest BCUT2D eigenvalue weighted by atomic mass is 10.1. The molecule has 0 spiro atoms. The van der Waals surface area contributed by atoms with Gasteiger partial charge in [-0.1, -0.05) is 6.07 Å². The lowest BCUT2D eigenvalue weighted by molar-refractivity contribution is -0.139. The third-order valence-corrected chi connectivity index (χ3v) is 2.26. The van der Waals surface area contributed by atoms with Gasteiger partial charge in [0.1, 0.15) is 0 Å². The Morgan fingerprint density at radius 1 is 1.19 bits per heavy atom. The van der Waals surface area contributed by atoms with Crippen molar-refractivity contribution in [3.63, 3.8) is 0 Å². The van der Waals surface area contributed by atoms with E-state index in [9.17, 15) is 4.79 Å². The molecule has 0 fully saturated rings. The van der Waals surface area contributed by atoms with E-state index in [1.807, 2.05) is 19.1 Å². The maximum Gasteiger partial charge on any atom is 0.310 e. The van der Waals surface area contributed by atoms with Crippen LogP contribution in [0.25, 0.3) is 0 Å². The molecule has 0 N–H and O–H groups in total. The van der Waals surface area contributed by atoms with Crippen LogP contribution in [0.15, 0.2) is 12.1 Å². The predicted molar refractivity (Wildman–Crippen MR) is 60.0 cm³/mol. The van der Waals surface area contributed by atoms with Crippen LogP contribution in [0.1, 0.15) is 11.1 Å². The third kappa shape index (κ3) is 2.66. The Morgan fingerprint density at radius 3 is 2.38 bits per heavy atom. The standard InChI is InChI=1S/C12H16O4/c1-8-5-9(7-11(13)15-3)12(16-4)10(6-8)14-2/h5-6H,7H2,1-4H3. The van der Waals surface area contributed by atoms with Crippen molar-refractivity contribution < 1.29 is 19.0 Å². The molecule has 1 rings (SSSR count). The van der Waals surface area contributed by atoms with Crippen LogP contribution in [0.4, 0.5) is 0 Å². The zero-order valence-electron chi connectivity index (χ0n) is 9.99. The molecule has 4 heteroatoms. The number of rotatable bonds is 4. The van der Waals surface area contributed by atoms with Gasteiger partial charge in [0.2, 0.25) is 0 Å². The van der Waals surface area contributed by atoms with Gasteiger partial charge in [-0.25, -0.2) is 0 Å². The Labute approximate surface area is 95.1 Å². The summed E-state index contributed by atoms with van der Waals surface area (Å²) < 4.78 is 15.1. The Morgan fingerprint density at radius 2 is 1.88 bits per heavy atom. The fourth-order valence-electron chi connectivity index (χ4n) is 1.55. The Hall–Kier alpha value is -1.71. The molecule has 0 atom stereocenters. The summed E-state index contributed by atoms with van der Waals surface area (Å²) in [5.41, 5.74) is 1.78. The van der Waals surface area contributed by atoms with Gasteiger partial charge in [-0.05, 0) is 18.6 Å². The van der Waals surface area contributed by atoms with Gasteiger partial charge in [0.25, 0.3) is 0 Å². The molecular formula is C12H16O4. The monoisotopic (exact) mass is 224 g/mol. The molecular weight excluding hydrogens is 208 g/mol. The second-order valence-corrected chi connectivity index (χ2v) is 3.41. The smallest absolute Gasteiger partial charge is 0.310 e. The van der Waals surface area contributed by atoms with Crippen LogP contribution in [0.2, 0.25) is 0 Å². The number of carbonyl (C=O) groups is 1. The van der Waals surface area contributed by atoms with E-state index in [0.29, 0.717) is 11.5 Å². The summed E-state index contributed by atoms with van der Waals surface area (Å²) >= 11 is 0. The average molecular weight is 224 g/mol. The minimum Gasteiger partial charge on any atom is -0.493 e. The van der Waals surface area contributed by atoms with E-state index >= 15 is 0 Å². The summed E-state index contributed by atoms with van der Waals surface area (Å²) in [5.74, 6) is 0.908. The Kier molecular flexibility index (Phi) is 4.17. The molecule has 0 heterocycles. The van der Waals surface area contributed by atoms with Crippen LogP contribution < -0.4 is 9.47 Å². The molecule has 4 nitrogen and oxygen atoms in total. The number of hydrogen-bond donors (Lipinski definition) is 0. The van der Waals surface area contributed by atoms with Crippen LogP contribution in [0.3, 0.4) is 0 Å². The zero-order chi connectivity index (χ0) is 12.1. The fourth-order valence-corrected chi connectivity index (χ4v) is 1.55. The van der Waals surface area contributed by atoms with Crippen LogP contribution >= 0.6 is 0 Å². The first kappa shape index (κ1) is 12.4. The maximum atomic E-state index is 11.2. The molecule has 1 aromatic carbocycles. The van der Waals surface area contributed by atoms with Gasteiger partial charge >= 0.3 is 5.97 Å². The number of methoxy groups -OCH3 is 3. The fraction of sp³-hybridized carbons (Fsp3) is 0.417. The summed E-state index contributed by atoms with van der Waals surface area (Å²) in [4.78, 5) is 11.2. The van der Waals surface area contributed by atoms with Gasteiger partial charge in [-0.15, -0.1) is 0 Å². The van der Waals surface area contributed by atoms with Crippen molar-refractivity contribution in [2.75, 3.05) is 21.3 Å². The SMILES string of the molecule is COC(=O)Cc1cc(C)cc(OC)c1OC. The molecule has 0 amide bonds. The minimum absolute atomic E-state index is 0.178. The summed E-state index contributed by atoms with van der Waals surface area (Å²) in [6.07, 6.45) is 0.178. The lowest BCUT2D eigenvalue weighted by Crippen LogP contribution is -2.07. The topological polar surface area (TPSA) is 44.8 Å². The largest absolute Gasteiger partial charge is 0.493 e. The second kappa shape index (κ2) is 5.39. The molecule has 16 heavy (non-hydrogen) atoms. The van der Waals surface area contributed by atoms with E-state index in [2.05, 4.69) is 4.74 Å². The predicted octanol–water partition coefficient (Wildman–Crippen LogP) is 1.73. The first-order valence-corrected chi connectivity index (χ1v) is 4.90. The normalized spacial score (nSPS) is 9.75. The van der Waals surface area contributed by atoms with Gasteiger partial charge in [-0.2, -0.15) is 0 Å². The average Bonchev–Trinajstić information content (AvgIpc) is 2.28. The van der Waals surface area contributed by atoms with Crippen molar-refractivity contribution >= 4 is 5.97 Å². The van der Waals surface area contributed by atoms with Gasteiger partial charge in [0, 0.05) is 5.56 Å². The first-order valence-electron chi connectivity index (χ1n) is 4.90. The van der Waals surface area contributed by atoms with Crippen molar-refractivity contribution in [2.24, 2.45) is 0 Å². The highest BCUT2D eigenvalue weighted by molar-refractivity contribution is 5.74. The number of esters is 1. The van der Waals surface area contributed by atoms with Crippen LogP contribution in [-0.4, -0.2) is 27.3 Å². The van der Waals surface area contributed by atoms with Gasteiger partial charge < -0.3 is 14.2 Å². The summed E-state index contributed by atoms with van der Waals surface area (Å²) in [6.45, 7) is 1.93. The first-order chi connectivity index (χ1) is 7.62. The van der Waals surface area contributed by atoms with Gasteiger partial charge in [0.15, 0.2) is 11.5 Å². The summed E-state index contributed by atoms with van der Waals surface area (Å²) in [6, 6.07) is 3.75. The van der Waals surface area contributed by atoms with Crippen molar-refractivity contribution in [2.45, 2.75) is 13.3 Å². The number of hydrogen-bond acceptors (Lipinski definition) is 4. The van der Waals surface area contributed by atoms with E-state index in [1.165, 1.54) is 7.11 Å². The minimum atomic E-state index is -0.300. The second-order valence-electron chi connectivity index (χ2n) is 3.41. The highest BCUT2D eigenvalue weighted by Crippen LogP contribution is 2.32. The molecule has 0 radical (unpaired) electrons. The van der Waals surface area contributed by atoms with Crippen LogP contribution in [0.5, 0.6) is 11.5 Å². The quantitative estimate of drug-likeness (QED) is 0.730. The van der Waals surface area contributed by atoms with Crippen molar-refractivity contribution in [3.8, 4) is 11.5 Å². The molecule has 0 unspecified atom stereocenters. The zero-order valence-corrected chi connectivity index (χ0v) is 9.99. The highest BCUT2D eigenvalue weighted by Gasteiger charge is 2.14. The molecule has 0 aromatic heterocycles. The van der Waals surface area contributed by atoms with Crippen molar-refractivity contribution in [1.29, 1.82) is 0 Å². The summed E-state index contributed by atoms with van der Waals surface area (Å²) in [7, 11) is 4.48. The maximum absolute atomic E-state index is 11.2. The van der Waals surface area contributed by atoms with Crippen LogP contribution in [-0.2, 0) is 16.0 Å². The molecule has 0 aliphatic heterocycles. The lowest BCUT2D eigenvalue weighted by Gasteiger charge is -2.13. The van der Waals surface area contributed by atoms with Crippen molar-refractivity contribution in [1.82, 2.24) is 0 Å². The molecule has 1 aromatic rings. The van der Waals surface area contributed by atoms with Gasteiger partial charge in [0.05, 0.1) is 27.8 Å². The highest BCUT2D eigenvalue weighted by atomic mass is 16.5. The molecule has 0 saturated heterocycles. The van der Waals surface area contributed by atoms with E-state index in [4.69, 9.17) is 9.47 Å². The van der Waals surface area contributed by atoms with E-state index < -0.39 is 0 Å². The van der Waals surface area contributed by atoms with E-state index in [-0.39, 0.29) is 12.4 Å². The Balaban J connectivity index is 3.14. The third-order valence-electron chi connectivity index (χ3n) is 2.26. The van der Waals surface area contributed by atoms with Crippen LogP contribution in [0, 0.1) is 6.92 Å². The number of carbonyl (C=O) groups excluding carboxylic acids is 1.